The van der Waals surface area contributed by atoms with Crippen LogP contribution in [0.4, 0.5) is 24.5 Å². The van der Waals surface area contributed by atoms with Gasteiger partial charge in [-0.15, -0.1) is 0 Å². The van der Waals surface area contributed by atoms with Crippen molar-refractivity contribution in [1.29, 1.82) is 0 Å². The Bertz CT molecular complexity index is 1440. The smallest absolute Gasteiger partial charge is 0.473 e. The fourth-order valence-electron chi connectivity index (χ4n) is 5.64. The maximum Gasteiger partial charge on any atom is 0.473 e. The SMILES string of the molecule is CC(=O)Nc1cc(N2CCCCC2)ccc1C1=C(O)C(=C2C=CC(N3CCCCC3)=CC2=NC(=O)C(F)(F)F)C1=O. The molecule has 2 saturated heterocycles. The fourth-order valence-corrected chi connectivity index (χ4v) is 5.64. The minimum absolute atomic E-state index is 0.0675. The van der Waals surface area contributed by atoms with E-state index >= 15 is 0 Å². The molecule has 0 atom stereocenters. The first-order valence-electron chi connectivity index (χ1n) is 13.8. The highest BCUT2D eigenvalue weighted by molar-refractivity contribution is 6.42. The van der Waals surface area contributed by atoms with Crippen LogP contribution in [-0.4, -0.2) is 65.7 Å². The molecule has 41 heavy (non-hydrogen) atoms. The minimum atomic E-state index is -5.20. The van der Waals surface area contributed by atoms with Gasteiger partial charge in [-0.3, -0.25) is 14.4 Å². The highest BCUT2D eigenvalue weighted by Gasteiger charge is 2.42. The van der Waals surface area contributed by atoms with Gasteiger partial charge in [0.2, 0.25) is 11.7 Å². The van der Waals surface area contributed by atoms with Crippen LogP contribution in [0.25, 0.3) is 5.57 Å². The fraction of sp³-hybridized carbons (Fsp3) is 0.400. The molecular weight excluding hydrogens is 537 g/mol. The third-order valence-electron chi connectivity index (χ3n) is 7.67. The number of aliphatic imine (C=N–C) groups is 1. The third-order valence-corrected chi connectivity index (χ3v) is 7.67. The van der Waals surface area contributed by atoms with Gasteiger partial charge in [0.25, 0.3) is 0 Å². The maximum absolute atomic E-state index is 13.5. The van der Waals surface area contributed by atoms with Crippen LogP contribution >= 0.6 is 0 Å². The molecule has 2 aliphatic carbocycles. The van der Waals surface area contributed by atoms with Crippen LogP contribution in [0.1, 0.15) is 51.0 Å². The van der Waals surface area contributed by atoms with Crippen molar-refractivity contribution < 1.29 is 32.7 Å². The number of carbonyl (C=O) groups is 3. The molecule has 4 aliphatic rings. The van der Waals surface area contributed by atoms with Gasteiger partial charge < -0.3 is 20.2 Å². The number of piperidine rings is 2. The zero-order chi connectivity index (χ0) is 29.3. The number of nitrogens with zero attached hydrogens (tertiary/aromatic N) is 3. The molecule has 2 amide bonds. The van der Waals surface area contributed by atoms with Gasteiger partial charge in [0.15, 0.2) is 0 Å². The number of allylic oxidation sites excluding steroid dienone is 6. The van der Waals surface area contributed by atoms with E-state index in [-0.39, 0.29) is 28.3 Å². The standard InChI is InChI=1S/C30H31F3N4O4/c1-18(38)34-23-16-19(36-12-4-2-5-13-36)8-10-21(23)25-27(39)26(28(25)40)22-11-9-20(37-14-6-3-7-15-37)17-24(22)35-29(41)30(31,32)33/h8-11,16-17,39H,2-7,12-15H2,1H3,(H,34,38). The van der Waals surface area contributed by atoms with Crippen molar-refractivity contribution in [3.05, 3.63) is 64.6 Å². The molecule has 8 nitrogen and oxygen atoms in total. The summed E-state index contributed by atoms with van der Waals surface area (Å²) in [5.74, 6) is -3.72. The lowest BCUT2D eigenvalue weighted by Crippen LogP contribution is -2.31. The monoisotopic (exact) mass is 568 g/mol. The number of hydrogen-bond donors (Lipinski definition) is 2. The molecule has 216 valence electrons. The van der Waals surface area contributed by atoms with Gasteiger partial charge in [-0.05, 0) is 75.0 Å². The number of anilines is 2. The number of nitrogens with one attached hydrogen (secondary N) is 1. The average molecular weight is 569 g/mol. The second-order valence-corrected chi connectivity index (χ2v) is 10.6. The van der Waals surface area contributed by atoms with E-state index in [2.05, 4.69) is 15.2 Å². The quantitative estimate of drug-likeness (QED) is 0.481. The van der Waals surface area contributed by atoms with Crippen molar-refractivity contribution in [3.63, 3.8) is 0 Å². The van der Waals surface area contributed by atoms with Gasteiger partial charge in [0.05, 0.1) is 22.5 Å². The van der Waals surface area contributed by atoms with Gasteiger partial charge in [-0.1, -0.05) is 0 Å². The summed E-state index contributed by atoms with van der Waals surface area (Å²) in [6.07, 6.45) is 5.35. The van der Waals surface area contributed by atoms with Crippen LogP contribution < -0.4 is 10.2 Å². The number of amides is 2. The molecule has 2 heterocycles. The Hall–Kier alpha value is -4.15. The first kappa shape index (κ1) is 28.4. The average Bonchev–Trinajstić information content (AvgIpc) is 2.95. The molecule has 0 unspecified atom stereocenters. The highest BCUT2D eigenvalue weighted by atomic mass is 19.4. The van der Waals surface area contributed by atoms with Gasteiger partial charge in [-0.2, -0.15) is 13.2 Å². The lowest BCUT2D eigenvalue weighted by molar-refractivity contribution is -0.169. The number of aliphatic hydroxyl groups is 1. The van der Waals surface area contributed by atoms with Crippen molar-refractivity contribution in [3.8, 4) is 0 Å². The van der Waals surface area contributed by atoms with E-state index in [1.165, 1.54) is 19.1 Å². The van der Waals surface area contributed by atoms with Gasteiger partial charge in [0.1, 0.15) is 5.76 Å². The molecule has 0 bridgehead atoms. The number of likely N-dealkylation sites (tertiary alicyclic amines) is 1. The number of carbonyl (C=O) groups excluding carboxylic acids is 3. The predicted molar refractivity (Wildman–Crippen MR) is 150 cm³/mol. The molecule has 0 spiro atoms. The van der Waals surface area contributed by atoms with E-state index in [1.54, 1.807) is 18.2 Å². The Morgan fingerprint density at radius 1 is 0.927 bits per heavy atom. The van der Waals surface area contributed by atoms with E-state index in [0.29, 0.717) is 30.0 Å². The normalized spacial score (nSPS) is 22.6. The second-order valence-electron chi connectivity index (χ2n) is 10.6. The molecule has 0 radical (unpaired) electrons. The molecule has 1 aromatic carbocycles. The lowest BCUT2D eigenvalue weighted by atomic mass is 9.78. The summed E-state index contributed by atoms with van der Waals surface area (Å²) < 4.78 is 39.4. The number of rotatable bonds is 4. The second kappa shape index (κ2) is 11.4. The van der Waals surface area contributed by atoms with Crippen molar-refractivity contribution in [2.75, 3.05) is 36.4 Å². The highest BCUT2D eigenvalue weighted by Crippen LogP contribution is 2.43. The summed E-state index contributed by atoms with van der Waals surface area (Å²) in [4.78, 5) is 44.8. The van der Waals surface area contributed by atoms with Crippen LogP contribution in [0.3, 0.4) is 0 Å². The zero-order valence-electron chi connectivity index (χ0n) is 22.7. The lowest BCUT2D eigenvalue weighted by Gasteiger charge is -2.32. The number of aliphatic hydroxyl groups excluding tert-OH is 1. The van der Waals surface area contributed by atoms with Crippen LogP contribution in [-0.2, 0) is 14.4 Å². The number of halogens is 3. The van der Waals surface area contributed by atoms with Gasteiger partial charge in [-0.25, -0.2) is 4.99 Å². The van der Waals surface area contributed by atoms with Crippen molar-refractivity contribution in [1.82, 2.24) is 4.90 Å². The van der Waals surface area contributed by atoms with Gasteiger partial charge >= 0.3 is 12.1 Å². The van der Waals surface area contributed by atoms with Crippen molar-refractivity contribution in [2.24, 2.45) is 4.99 Å². The third kappa shape index (κ3) is 5.84. The topological polar surface area (TPSA) is 102 Å². The molecule has 2 fully saturated rings. The first-order valence-corrected chi connectivity index (χ1v) is 13.8. The van der Waals surface area contributed by atoms with E-state index in [9.17, 15) is 32.7 Å². The van der Waals surface area contributed by atoms with E-state index < -0.39 is 23.6 Å². The summed E-state index contributed by atoms with van der Waals surface area (Å²) in [6, 6.07) is 5.21. The number of Topliss-reactive ketones (excluding diaryl/α,β-unsaturated/α-hetero) is 1. The summed E-state index contributed by atoms with van der Waals surface area (Å²) in [5.41, 5.74) is 1.38. The molecule has 5 rings (SSSR count). The zero-order valence-corrected chi connectivity index (χ0v) is 22.7. The first-order chi connectivity index (χ1) is 19.5. The summed E-state index contributed by atoms with van der Waals surface area (Å²) in [7, 11) is 0. The predicted octanol–water partition coefficient (Wildman–Crippen LogP) is 5.25. The molecule has 11 heteroatoms. The molecule has 0 saturated carbocycles. The van der Waals surface area contributed by atoms with Crippen LogP contribution in [0.15, 0.2) is 64.0 Å². The van der Waals surface area contributed by atoms with Crippen molar-refractivity contribution in [2.45, 2.75) is 51.6 Å². The summed E-state index contributed by atoms with van der Waals surface area (Å²) in [5, 5.41) is 13.8. The maximum atomic E-state index is 13.5. The number of hydrogen-bond acceptors (Lipinski definition) is 6. The summed E-state index contributed by atoms with van der Waals surface area (Å²) >= 11 is 0. The number of benzene rings is 1. The van der Waals surface area contributed by atoms with Gasteiger partial charge in [0, 0.05) is 55.6 Å². The van der Waals surface area contributed by atoms with Crippen LogP contribution in [0, 0.1) is 0 Å². The Balaban J connectivity index is 1.56. The van der Waals surface area contributed by atoms with Crippen LogP contribution in [0.5, 0.6) is 0 Å². The molecule has 2 N–H and O–H groups in total. The molecule has 2 aliphatic heterocycles. The van der Waals surface area contributed by atoms with Crippen LogP contribution in [0.2, 0.25) is 0 Å². The summed E-state index contributed by atoms with van der Waals surface area (Å²) in [6.45, 7) is 4.47. The van der Waals surface area contributed by atoms with E-state index in [1.807, 2.05) is 11.0 Å². The van der Waals surface area contributed by atoms with E-state index in [4.69, 9.17) is 0 Å². The molecule has 1 aromatic rings. The van der Waals surface area contributed by atoms with Crippen molar-refractivity contribution >= 4 is 40.3 Å². The Kier molecular flexibility index (Phi) is 7.88. The Labute approximate surface area is 235 Å². The number of alkyl halides is 3. The molecular formula is C30H31F3N4O4. The largest absolute Gasteiger partial charge is 0.506 e. The van der Waals surface area contributed by atoms with E-state index in [0.717, 1.165) is 57.3 Å². The number of ketones is 1. The Morgan fingerprint density at radius 2 is 1.56 bits per heavy atom. The minimum Gasteiger partial charge on any atom is -0.506 e. The molecule has 0 aromatic heterocycles. The Morgan fingerprint density at radius 3 is 2.15 bits per heavy atom.